The van der Waals surface area contributed by atoms with Gasteiger partial charge in [0.15, 0.2) is 6.61 Å². The van der Waals surface area contributed by atoms with E-state index in [0.29, 0.717) is 5.75 Å². The van der Waals surface area contributed by atoms with E-state index in [0.717, 1.165) is 16.6 Å². The molecule has 0 saturated carbocycles. The molecule has 122 valence electrons. The monoisotopic (exact) mass is 376 g/mol. The van der Waals surface area contributed by atoms with E-state index in [2.05, 4.69) is 21.2 Å². The van der Waals surface area contributed by atoms with Crippen molar-refractivity contribution in [2.45, 2.75) is 6.04 Å². The number of hydrogen-bond acceptors (Lipinski definition) is 3. The van der Waals surface area contributed by atoms with Gasteiger partial charge in [0.2, 0.25) is 0 Å². The van der Waals surface area contributed by atoms with Gasteiger partial charge in [0.25, 0.3) is 5.91 Å². The van der Waals surface area contributed by atoms with E-state index in [4.69, 9.17) is 4.74 Å². The molecule has 1 atom stereocenters. The predicted molar refractivity (Wildman–Crippen MR) is 95.5 cm³/mol. The minimum absolute atomic E-state index is 0.00673. The SMILES string of the molecule is CN(C)C[C@@H](NC(=O)COc1cccc(Br)c1)c1ccccc1. The van der Waals surface area contributed by atoms with E-state index in [1.807, 2.05) is 73.6 Å². The third-order valence-electron chi connectivity index (χ3n) is 3.25. The first-order valence-corrected chi connectivity index (χ1v) is 8.21. The lowest BCUT2D eigenvalue weighted by molar-refractivity contribution is -0.124. The molecular weight excluding hydrogens is 356 g/mol. The van der Waals surface area contributed by atoms with E-state index in [-0.39, 0.29) is 18.6 Å². The molecule has 0 spiro atoms. The average Bonchev–Trinajstić information content (AvgIpc) is 2.53. The molecule has 0 unspecified atom stereocenters. The summed E-state index contributed by atoms with van der Waals surface area (Å²) in [5, 5.41) is 3.03. The van der Waals surface area contributed by atoms with Crippen LogP contribution in [0.4, 0.5) is 0 Å². The van der Waals surface area contributed by atoms with Crippen molar-refractivity contribution in [3.05, 3.63) is 64.6 Å². The van der Waals surface area contributed by atoms with Crippen LogP contribution in [0.15, 0.2) is 59.1 Å². The standard InChI is InChI=1S/C18H21BrN2O2/c1-21(2)12-17(14-7-4-3-5-8-14)20-18(22)13-23-16-10-6-9-15(19)11-16/h3-11,17H,12-13H2,1-2H3,(H,20,22)/t17-/m1/s1. The van der Waals surface area contributed by atoms with Crippen LogP contribution < -0.4 is 10.1 Å². The fourth-order valence-electron chi connectivity index (χ4n) is 2.23. The van der Waals surface area contributed by atoms with Gasteiger partial charge in [-0.3, -0.25) is 4.79 Å². The molecule has 1 amide bonds. The minimum atomic E-state index is -0.138. The minimum Gasteiger partial charge on any atom is -0.484 e. The lowest BCUT2D eigenvalue weighted by atomic mass is 10.1. The van der Waals surface area contributed by atoms with Crippen LogP contribution >= 0.6 is 15.9 Å². The van der Waals surface area contributed by atoms with Crippen LogP contribution in [0.1, 0.15) is 11.6 Å². The number of carbonyl (C=O) groups is 1. The van der Waals surface area contributed by atoms with Gasteiger partial charge >= 0.3 is 0 Å². The second-order valence-electron chi connectivity index (χ2n) is 5.54. The molecule has 0 fully saturated rings. The van der Waals surface area contributed by atoms with E-state index < -0.39 is 0 Å². The third kappa shape index (κ3) is 6.04. The molecular formula is C18H21BrN2O2. The first kappa shape index (κ1) is 17.5. The molecule has 0 aromatic heterocycles. The van der Waals surface area contributed by atoms with E-state index in [9.17, 15) is 4.79 Å². The zero-order valence-corrected chi connectivity index (χ0v) is 14.9. The first-order valence-electron chi connectivity index (χ1n) is 7.42. The highest BCUT2D eigenvalue weighted by Gasteiger charge is 2.15. The number of nitrogens with zero attached hydrogens (tertiary/aromatic N) is 1. The van der Waals surface area contributed by atoms with Gasteiger partial charge in [-0.05, 0) is 37.9 Å². The quantitative estimate of drug-likeness (QED) is 0.806. The molecule has 0 heterocycles. The van der Waals surface area contributed by atoms with Gasteiger partial charge in [0, 0.05) is 11.0 Å². The highest BCUT2D eigenvalue weighted by Crippen LogP contribution is 2.18. The topological polar surface area (TPSA) is 41.6 Å². The van der Waals surface area contributed by atoms with Crippen LogP contribution in [0.3, 0.4) is 0 Å². The molecule has 0 radical (unpaired) electrons. The third-order valence-corrected chi connectivity index (χ3v) is 3.74. The van der Waals surface area contributed by atoms with Crippen molar-refractivity contribution in [2.24, 2.45) is 0 Å². The number of nitrogens with one attached hydrogen (secondary N) is 1. The Balaban J connectivity index is 1.95. The normalized spacial score (nSPS) is 12.0. The summed E-state index contributed by atoms with van der Waals surface area (Å²) >= 11 is 3.38. The van der Waals surface area contributed by atoms with Crippen LogP contribution in [0.5, 0.6) is 5.75 Å². The Kier molecular flexibility index (Phi) is 6.62. The van der Waals surface area contributed by atoms with Crippen molar-refractivity contribution in [3.63, 3.8) is 0 Å². The molecule has 0 saturated heterocycles. The van der Waals surface area contributed by atoms with E-state index in [1.54, 1.807) is 0 Å². The van der Waals surface area contributed by atoms with E-state index in [1.165, 1.54) is 0 Å². The van der Waals surface area contributed by atoms with Gasteiger partial charge < -0.3 is 15.0 Å². The Bertz CT molecular complexity index is 632. The molecule has 4 nitrogen and oxygen atoms in total. The number of ether oxygens (including phenoxy) is 1. The summed E-state index contributed by atoms with van der Waals surface area (Å²) in [4.78, 5) is 14.2. The van der Waals surface area contributed by atoms with Crippen LogP contribution in [0.25, 0.3) is 0 Å². The average molecular weight is 377 g/mol. The highest BCUT2D eigenvalue weighted by atomic mass is 79.9. The zero-order chi connectivity index (χ0) is 16.7. The summed E-state index contributed by atoms with van der Waals surface area (Å²) < 4.78 is 6.46. The maximum Gasteiger partial charge on any atom is 0.258 e. The first-order chi connectivity index (χ1) is 11.0. The molecule has 5 heteroatoms. The number of carbonyl (C=O) groups excluding carboxylic acids is 1. The van der Waals surface area contributed by atoms with Gasteiger partial charge in [-0.25, -0.2) is 0 Å². The summed E-state index contributed by atoms with van der Waals surface area (Å²) in [6.07, 6.45) is 0. The largest absolute Gasteiger partial charge is 0.484 e. The molecule has 2 aromatic rings. The van der Waals surface area contributed by atoms with Gasteiger partial charge in [-0.2, -0.15) is 0 Å². The van der Waals surface area contributed by atoms with Crippen molar-refractivity contribution < 1.29 is 9.53 Å². The number of rotatable bonds is 7. The summed E-state index contributed by atoms with van der Waals surface area (Å²) in [7, 11) is 3.97. The lowest BCUT2D eigenvalue weighted by Gasteiger charge is -2.23. The Morgan fingerprint density at radius 3 is 2.57 bits per heavy atom. The van der Waals surface area contributed by atoms with Gasteiger partial charge in [-0.1, -0.05) is 52.3 Å². The fourth-order valence-corrected chi connectivity index (χ4v) is 2.60. The smallest absolute Gasteiger partial charge is 0.258 e. The molecule has 0 aliphatic heterocycles. The Hall–Kier alpha value is -1.85. The number of likely N-dealkylation sites (N-methyl/N-ethyl adjacent to an activating group) is 1. The van der Waals surface area contributed by atoms with Gasteiger partial charge in [0.1, 0.15) is 5.75 Å². The number of hydrogen-bond donors (Lipinski definition) is 1. The number of amides is 1. The molecule has 23 heavy (non-hydrogen) atoms. The van der Waals surface area contributed by atoms with Crippen LogP contribution in [-0.4, -0.2) is 38.1 Å². The molecule has 0 bridgehead atoms. The second-order valence-corrected chi connectivity index (χ2v) is 6.45. The molecule has 2 aromatic carbocycles. The number of benzene rings is 2. The second kappa shape index (κ2) is 8.70. The Labute approximate surface area is 145 Å². The molecule has 2 rings (SSSR count). The van der Waals surface area contributed by atoms with Gasteiger partial charge in [0.05, 0.1) is 6.04 Å². The summed E-state index contributed by atoms with van der Waals surface area (Å²) in [6, 6.07) is 17.3. The van der Waals surface area contributed by atoms with E-state index >= 15 is 0 Å². The summed E-state index contributed by atoms with van der Waals surface area (Å²) in [6.45, 7) is 0.722. The Morgan fingerprint density at radius 2 is 1.91 bits per heavy atom. The lowest BCUT2D eigenvalue weighted by Crippen LogP contribution is -2.37. The van der Waals surface area contributed by atoms with Crippen molar-refractivity contribution in [2.75, 3.05) is 27.2 Å². The van der Waals surface area contributed by atoms with Crippen molar-refractivity contribution in [1.29, 1.82) is 0 Å². The number of halogens is 1. The summed E-state index contributed by atoms with van der Waals surface area (Å²) in [5.41, 5.74) is 1.08. The van der Waals surface area contributed by atoms with Crippen LogP contribution in [-0.2, 0) is 4.79 Å². The van der Waals surface area contributed by atoms with Crippen molar-refractivity contribution >= 4 is 21.8 Å². The van der Waals surface area contributed by atoms with Crippen molar-refractivity contribution in [1.82, 2.24) is 10.2 Å². The van der Waals surface area contributed by atoms with Crippen LogP contribution in [0.2, 0.25) is 0 Å². The summed E-state index contributed by atoms with van der Waals surface area (Å²) in [5.74, 6) is 0.527. The maximum atomic E-state index is 12.2. The maximum absolute atomic E-state index is 12.2. The fraction of sp³-hybridized carbons (Fsp3) is 0.278. The van der Waals surface area contributed by atoms with Gasteiger partial charge in [-0.15, -0.1) is 0 Å². The Morgan fingerprint density at radius 1 is 1.17 bits per heavy atom. The highest BCUT2D eigenvalue weighted by molar-refractivity contribution is 9.10. The molecule has 0 aliphatic carbocycles. The van der Waals surface area contributed by atoms with Crippen LogP contribution in [0, 0.1) is 0 Å². The molecule has 1 N–H and O–H groups in total. The molecule has 0 aliphatic rings. The zero-order valence-electron chi connectivity index (χ0n) is 13.3. The predicted octanol–water partition coefficient (Wildman–Crippen LogP) is 3.25. The van der Waals surface area contributed by atoms with Crippen molar-refractivity contribution in [3.8, 4) is 5.75 Å².